The highest BCUT2D eigenvalue weighted by Crippen LogP contribution is 2.28. The second kappa shape index (κ2) is 5.81. The SMILES string of the molecule is C=CCC(CI)c1ccccc1Br. The van der Waals surface area contributed by atoms with Crippen molar-refractivity contribution in [3.63, 3.8) is 0 Å². The Labute approximate surface area is 102 Å². The van der Waals surface area contributed by atoms with E-state index in [1.807, 2.05) is 12.1 Å². The molecule has 0 heterocycles. The lowest BCUT2D eigenvalue weighted by Gasteiger charge is -2.13. The van der Waals surface area contributed by atoms with Crippen molar-refractivity contribution in [2.75, 3.05) is 4.43 Å². The van der Waals surface area contributed by atoms with Gasteiger partial charge in [0.25, 0.3) is 0 Å². The molecule has 0 aliphatic rings. The number of allylic oxidation sites excluding steroid dienone is 1. The number of alkyl halides is 1. The van der Waals surface area contributed by atoms with Crippen LogP contribution in [0.1, 0.15) is 17.9 Å². The van der Waals surface area contributed by atoms with Gasteiger partial charge in [0.05, 0.1) is 0 Å². The van der Waals surface area contributed by atoms with Crippen LogP contribution in [0, 0.1) is 0 Å². The average Bonchev–Trinajstić information content (AvgIpc) is 2.16. The molecular formula is C11H12BrI. The van der Waals surface area contributed by atoms with Crippen molar-refractivity contribution in [1.82, 2.24) is 0 Å². The molecule has 1 rings (SSSR count). The second-order valence-electron chi connectivity index (χ2n) is 2.90. The van der Waals surface area contributed by atoms with Crippen LogP contribution in [0.3, 0.4) is 0 Å². The van der Waals surface area contributed by atoms with Crippen LogP contribution in [0.4, 0.5) is 0 Å². The highest BCUT2D eigenvalue weighted by atomic mass is 127. The summed E-state index contributed by atoms with van der Waals surface area (Å²) < 4.78 is 2.34. The van der Waals surface area contributed by atoms with Crippen molar-refractivity contribution < 1.29 is 0 Å². The largest absolute Gasteiger partial charge is 0.103 e. The van der Waals surface area contributed by atoms with Crippen molar-refractivity contribution in [1.29, 1.82) is 0 Å². The van der Waals surface area contributed by atoms with Gasteiger partial charge in [0.1, 0.15) is 0 Å². The van der Waals surface area contributed by atoms with Gasteiger partial charge in [-0.05, 0) is 24.0 Å². The van der Waals surface area contributed by atoms with Crippen LogP contribution in [0.5, 0.6) is 0 Å². The van der Waals surface area contributed by atoms with Crippen molar-refractivity contribution >= 4 is 38.5 Å². The number of hydrogen-bond donors (Lipinski definition) is 0. The van der Waals surface area contributed by atoms with Crippen LogP contribution in [-0.4, -0.2) is 4.43 Å². The monoisotopic (exact) mass is 350 g/mol. The summed E-state index contributed by atoms with van der Waals surface area (Å²) in [6, 6.07) is 8.41. The minimum Gasteiger partial charge on any atom is -0.103 e. The zero-order chi connectivity index (χ0) is 9.68. The molecule has 70 valence electrons. The van der Waals surface area contributed by atoms with Crippen LogP contribution in [0.15, 0.2) is 41.4 Å². The van der Waals surface area contributed by atoms with E-state index in [0.717, 1.165) is 10.8 Å². The third kappa shape index (κ3) is 3.09. The van der Waals surface area contributed by atoms with Crippen LogP contribution >= 0.6 is 38.5 Å². The van der Waals surface area contributed by atoms with E-state index < -0.39 is 0 Å². The van der Waals surface area contributed by atoms with Crippen molar-refractivity contribution in [2.45, 2.75) is 12.3 Å². The van der Waals surface area contributed by atoms with Crippen LogP contribution in [0.25, 0.3) is 0 Å². The normalized spacial score (nSPS) is 12.5. The zero-order valence-corrected chi connectivity index (χ0v) is 11.1. The van der Waals surface area contributed by atoms with Gasteiger partial charge >= 0.3 is 0 Å². The highest BCUT2D eigenvalue weighted by molar-refractivity contribution is 14.1. The molecule has 1 aromatic carbocycles. The molecule has 0 nitrogen and oxygen atoms in total. The first-order valence-electron chi connectivity index (χ1n) is 4.21. The number of hydrogen-bond acceptors (Lipinski definition) is 0. The maximum atomic E-state index is 3.78. The summed E-state index contributed by atoms with van der Waals surface area (Å²) in [7, 11) is 0. The van der Waals surface area contributed by atoms with Gasteiger partial charge in [-0.3, -0.25) is 0 Å². The maximum absolute atomic E-state index is 3.78. The van der Waals surface area contributed by atoms with Gasteiger partial charge in [0, 0.05) is 8.90 Å². The number of halogens is 2. The van der Waals surface area contributed by atoms with E-state index >= 15 is 0 Å². The van der Waals surface area contributed by atoms with Gasteiger partial charge in [-0.25, -0.2) is 0 Å². The molecular weight excluding hydrogens is 339 g/mol. The lowest BCUT2D eigenvalue weighted by Crippen LogP contribution is -1.99. The predicted octanol–water partition coefficient (Wildman–Crippen LogP) is 4.54. The molecule has 0 spiro atoms. The van der Waals surface area contributed by atoms with Gasteiger partial charge in [-0.1, -0.05) is 62.8 Å². The molecule has 2 heteroatoms. The van der Waals surface area contributed by atoms with Gasteiger partial charge in [0.2, 0.25) is 0 Å². The Morgan fingerprint density at radius 2 is 2.15 bits per heavy atom. The fourth-order valence-electron chi connectivity index (χ4n) is 1.28. The molecule has 0 fully saturated rings. The van der Waals surface area contributed by atoms with Crippen LogP contribution in [0.2, 0.25) is 0 Å². The van der Waals surface area contributed by atoms with E-state index in [2.05, 4.69) is 63.3 Å². The fraction of sp³-hybridized carbons (Fsp3) is 0.273. The Morgan fingerprint density at radius 3 is 2.69 bits per heavy atom. The standard InChI is InChI=1S/C11H12BrI/c1-2-5-9(8-13)10-6-3-4-7-11(10)12/h2-4,6-7,9H,1,5,8H2. The quantitative estimate of drug-likeness (QED) is 0.424. The summed E-state index contributed by atoms with van der Waals surface area (Å²) in [6.07, 6.45) is 3.04. The van der Waals surface area contributed by atoms with E-state index in [1.165, 1.54) is 10.0 Å². The molecule has 1 unspecified atom stereocenters. The summed E-state index contributed by atoms with van der Waals surface area (Å²) in [5.41, 5.74) is 1.39. The molecule has 1 aromatic rings. The number of benzene rings is 1. The third-order valence-corrected chi connectivity index (χ3v) is 3.77. The van der Waals surface area contributed by atoms with E-state index in [-0.39, 0.29) is 0 Å². The molecule has 0 N–H and O–H groups in total. The summed E-state index contributed by atoms with van der Waals surface area (Å²) in [5.74, 6) is 0.591. The lowest BCUT2D eigenvalue weighted by atomic mass is 9.98. The molecule has 13 heavy (non-hydrogen) atoms. The average molecular weight is 351 g/mol. The second-order valence-corrected chi connectivity index (χ2v) is 4.63. The smallest absolute Gasteiger partial charge is 0.0210 e. The molecule has 0 aliphatic heterocycles. The molecule has 0 aliphatic carbocycles. The third-order valence-electron chi connectivity index (χ3n) is 1.98. The van der Waals surface area contributed by atoms with Crippen molar-refractivity contribution in [2.24, 2.45) is 0 Å². The van der Waals surface area contributed by atoms with E-state index in [1.54, 1.807) is 0 Å². The van der Waals surface area contributed by atoms with E-state index in [0.29, 0.717) is 5.92 Å². The van der Waals surface area contributed by atoms with E-state index in [4.69, 9.17) is 0 Å². The summed E-state index contributed by atoms with van der Waals surface area (Å²) in [6.45, 7) is 3.78. The molecule has 0 aromatic heterocycles. The first kappa shape index (κ1) is 11.2. The topological polar surface area (TPSA) is 0 Å². The van der Waals surface area contributed by atoms with Crippen molar-refractivity contribution in [3.8, 4) is 0 Å². The summed E-state index contributed by atoms with van der Waals surface area (Å²) >= 11 is 5.99. The molecule has 0 saturated carbocycles. The molecule has 0 radical (unpaired) electrons. The van der Waals surface area contributed by atoms with Gasteiger partial charge in [0.15, 0.2) is 0 Å². The highest BCUT2D eigenvalue weighted by Gasteiger charge is 2.10. The number of rotatable bonds is 4. The van der Waals surface area contributed by atoms with Crippen LogP contribution < -0.4 is 0 Å². The zero-order valence-electron chi connectivity index (χ0n) is 7.34. The Bertz CT molecular complexity index is 283. The maximum Gasteiger partial charge on any atom is 0.0210 e. The minimum absolute atomic E-state index is 0.591. The molecule has 0 amide bonds. The van der Waals surface area contributed by atoms with Gasteiger partial charge in [-0.2, -0.15) is 0 Å². The van der Waals surface area contributed by atoms with E-state index in [9.17, 15) is 0 Å². The molecule has 1 atom stereocenters. The first-order valence-corrected chi connectivity index (χ1v) is 6.52. The molecule has 0 bridgehead atoms. The Morgan fingerprint density at radius 1 is 1.46 bits per heavy atom. The first-order chi connectivity index (χ1) is 6.29. The summed E-state index contributed by atoms with van der Waals surface area (Å²) in [4.78, 5) is 0. The predicted molar refractivity (Wildman–Crippen MR) is 70.6 cm³/mol. The Kier molecular flexibility index (Phi) is 5.02. The van der Waals surface area contributed by atoms with Crippen molar-refractivity contribution in [3.05, 3.63) is 47.0 Å². The Hall–Kier alpha value is 0.170. The van der Waals surface area contributed by atoms with Gasteiger partial charge in [-0.15, -0.1) is 6.58 Å². The summed E-state index contributed by atoms with van der Waals surface area (Å²) in [5, 5.41) is 0. The Balaban J connectivity index is 2.90. The van der Waals surface area contributed by atoms with Gasteiger partial charge < -0.3 is 0 Å². The fourth-order valence-corrected chi connectivity index (χ4v) is 2.72. The lowest BCUT2D eigenvalue weighted by molar-refractivity contribution is 0.801. The van der Waals surface area contributed by atoms with Crippen LogP contribution in [-0.2, 0) is 0 Å². The molecule has 0 saturated heterocycles. The minimum atomic E-state index is 0.591.